The number of rotatable bonds is 14. The van der Waals surface area contributed by atoms with Gasteiger partial charge in [0, 0.05) is 44.7 Å². The summed E-state index contributed by atoms with van der Waals surface area (Å²) in [6.45, 7) is 4.92. The molecule has 206 valence electrons. The highest BCUT2D eigenvalue weighted by Gasteiger charge is 2.27. The van der Waals surface area contributed by atoms with E-state index in [2.05, 4.69) is 20.9 Å². The number of nitrogens with two attached hydrogens (primary N) is 1. The van der Waals surface area contributed by atoms with Gasteiger partial charge in [0.2, 0.25) is 17.7 Å². The third-order valence-electron chi connectivity index (χ3n) is 6.17. The smallest absolute Gasteiger partial charge is 0.243 e. The molecule has 0 saturated heterocycles. The molecule has 1 unspecified atom stereocenters. The maximum atomic E-state index is 13.5. The highest BCUT2D eigenvalue weighted by atomic mass is 16.5. The molecule has 1 heterocycles. The van der Waals surface area contributed by atoms with Crippen LogP contribution in [0.1, 0.15) is 42.5 Å². The van der Waals surface area contributed by atoms with Gasteiger partial charge in [-0.25, -0.2) is 0 Å². The number of hydrogen-bond donors (Lipinski definition) is 4. The number of nitrogens with zero attached hydrogens (tertiary/aromatic N) is 1. The summed E-state index contributed by atoms with van der Waals surface area (Å²) in [6.07, 6.45) is 4.05. The van der Waals surface area contributed by atoms with Gasteiger partial charge in [-0.1, -0.05) is 49.4 Å². The SMILES string of the molecule is CCOc1ccc(CC(NC(=O)CC)C(=O)N[C@@H](Cc2cccnc2)C(=O)NCc2ccc(CN)cc2)cc1. The first-order valence-electron chi connectivity index (χ1n) is 13.2. The van der Waals surface area contributed by atoms with Crippen molar-refractivity contribution in [3.05, 3.63) is 95.3 Å². The van der Waals surface area contributed by atoms with E-state index in [4.69, 9.17) is 10.5 Å². The number of benzene rings is 2. The van der Waals surface area contributed by atoms with Gasteiger partial charge in [-0.05, 0) is 47.4 Å². The van der Waals surface area contributed by atoms with Crippen molar-refractivity contribution in [2.45, 2.75) is 58.3 Å². The predicted molar refractivity (Wildman–Crippen MR) is 150 cm³/mol. The van der Waals surface area contributed by atoms with Crippen molar-refractivity contribution in [3.8, 4) is 5.75 Å². The number of amides is 3. The van der Waals surface area contributed by atoms with E-state index < -0.39 is 18.0 Å². The Kier molecular flexibility index (Phi) is 11.5. The molecule has 0 radical (unpaired) electrons. The Morgan fingerprint density at radius 3 is 2.08 bits per heavy atom. The molecule has 0 aliphatic heterocycles. The van der Waals surface area contributed by atoms with E-state index in [0.717, 1.165) is 28.0 Å². The van der Waals surface area contributed by atoms with Crippen molar-refractivity contribution in [2.75, 3.05) is 6.61 Å². The maximum absolute atomic E-state index is 13.5. The van der Waals surface area contributed by atoms with Gasteiger partial charge >= 0.3 is 0 Å². The van der Waals surface area contributed by atoms with Crippen LogP contribution in [0.4, 0.5) is 0 Å². The molecular weight excluding hydrogens is 494 g/mol. The van der Waals surface area contributed by atoms with Gasteiger partial charge in [-0.2, -0.15) is 0 Å². The average molecular weight is 532 g/mol. The maximum Gasteiger partial charge on any atom is 0.243 e. The molecule has 0 fully saturated rings. The van der Waals surface area contributed by atoms with Crippen LogP contribution in [0.2, 0.25) is 0 Å². The highest BCUT2D eigenvalue weighted by Crippen LogP contribution is 2.14. The molecule has 1 aromatic heterocycles. The van der Waals surface area contributed by atoms with Crippen molar-refractivity contribution in [1.29, 1.82) is 0 Å². The van der Waals surface area contributed by atoms with Crippen molar-refractivity contribution < 1.29 is 19.1 Å². The molecule has 9 heteroatoms. The molecule has 2 aromatic carbocycles. The molecule has 9 nitrogen and oxygen atoms in total. The average Bonchev–Trinajstić information content (AvgIpc) is 2.97. The molecule has 3 aromatic rings. The van der Waals surface area contributed by atoms with Crippen LogP contribution < -0.4 is 26.4 Å². The lowest BCUT2D eigenvalue weighted by molar-refractivity contribution is -0.132. The van der Waals surface area contributed by atoms with Crippen LogP contribution in [0.3, 0.4) is 0 Å². The van der Waals surface area contributed by atoms with Crippen molar-refractivity contribution >= 4 is 17.7 Å². The Morgan fingerprint density at radius 1 is 0.821 bits per heavy atom. The first-order chi connectivity index (χ1) is 18.9. The molecule has 5 N–H and O–H groups in total. The second-order valence-electron chi connectivity index (χ2n) is 9.12. The molecule has 0 aliphatic rings. The van der Waals surface area contributed by atoms with Gasteiger partial charge in [0.05, 0.1) is 6.61 Å². The van der Waals surface area contributed by atoms with Crippen molar-refractivity contribution in [3.63, 3.8) is 0 Å². The van der Waals surface area contributed by atoms with Gasteiger partial charge < -0.3 is 26.4 Å². The molecule has 3 rings (SSSR count). The minimum Gasteiger partial charge on any atom is -0.494 e. The van der Waals surface area contributed by atoms with Gasteiger partial charge in [0.25, 0.3) is 0 Å². The van der Waals surface area contributed by atoms with Crippen LogP contribution in [-0.2, 0) is 40.3 Å². The summed E-state index contributed by atoms with van der Waals surface area (Å²) in [4.78, 5) is 43.1. The quantitative estimate of drug-likeness (QED) is 0.252. The Labute approximate surface area is 229 Å². The molecule has 39 heavy (non-hydrogen) atoms. The summed E-state index contributed by atoms with van der Waals surface area (Å²) in [5.41, 5.74) is 9.23. The van der Waals surface area contributed by atoms with E-state index in [0.29, 0.717) is 19.7 Å². The van der Waals surface area contributed by atoms with Crippen LogP contribution >= 0.6 is 0 Å². The first kappa shape index (κ1) is 29.3. The van der Waals surface area contributed by atoms with Gasteiger partial charge in [0.1, 0.15) is 17.8 Å². The van der Waals surface area contributed by atoms with Gasteiger partial charge in [-0.15, -0.1) is 0 Å². The Hall–Kier alpha value is -4.24. The standard InChI is InChI=1S/C30H37N5O4/c1-3-28(36)34-27(16-21-11-13-25(14-12-21)39-4-2)30(38)35-26(17-24-6-5-15-32-19-24)29(37)33-20-23-9-7-22(18-31)8-10-23/h5-15,19,26-27H,3-4,16-18,20,31H2,1-2H3,(H,33,37)(H,34,36)(H,35,38)/t26-,27?/m0/s1. The van der Waals surface area contributed by atoms with E-state index in [9.17, 15) is 14.4 Å². The van der Waals surface area contributed by atoms with Gasteiger partial charge in [-0.3, -0.25) is 19.4 Å². The Balaban J connectivity index is 1.75. The van der Waals surface area contributed by atoms with Crippen LogP contribution in [0, 0.1) is 0 Å². The highest BCUT2D eigenvalue weighted by molar-refractivity contribution is 5.92. The van der Waals surface area contributed by atoms with Crippen molar-refractivity contribution in [2.24, 2.45) is 5.73 Å². The normalized spacial score (nSPS) is 12.2. The zero-order chi connectivity index (χ0) is 28.0. The zero-order valence-corrected chi connectivity index (χ0v) is 22.5. The first-order valence-corrected chi connectivity index (χ1v) is 13.2. The van der Waals surface area contributed by atoms with Gasteiger partial charge in [0.15, 0.2) is 0 Å². The summed E-state index contributed by atoms with van der Waals surface area (Å²) in [7, 11) is 0. The molecule has 0 bridgehead atoms. The van der Waals surface area contributed by atoms with E-state index in [-0.39, 0.29) is 31.1 Å². The molecule has 0 saturated carbocycles. The lowest BCUT2D eigenvalue weighted by Gasteiger charge is -2.23. The van der Waals surface area contributed by atoms with Crippen LogP contribution in [0.5, 0.6) is 5.75 Å². The Morgan fingerprint density at radius 2 is 1.46 bits per heavy atom. The molecule has 2 atom stereocenters. The predicted octanol–water partition coefficient (Wildman–Crippen LogP) is 2.42. The lowest BCUT2D eigenvalue weighted by atomic mass is 10.0. The van der Waals surface area contributed by atoms with E-state index in [1.807, 2.05) is 61.5 Å². The lowest BCUT2D eigenvalue weighted by Crippen LogP contribution is -2.55. The number of hydrogen-bond acceptors (Lipinski definition) is 6. The van der Waals surface area contributed by atoms with Crippen molar-refractivity contribution in [1.82, 2.24) is 20.9 Å². The third-order valence-corrected chi connectivity index (χ3v) is 6.17. The van der Waals surface area contributed by atoms with E-state index in [1.165, 1.54) is 0 Å². The number of nitrogens with one attached hydrogen (secondary N) is 3. The number of aromatic nitrogens is 1. The van der Waals surface area contributed by atoms with Crippen LogP contribution in [0.25, 0.3) is 0 Å². The third kappa shape index (κ3) is 9.54. The summed E-state index contributed by atoms with van der Waals surface area (Å²) < 4.78 is 5.49. The molecule has 0 aliphatic carbocycles. The second-order valence-corrected chi connectivity index (χ2v) is 9.12. The summed E-state index contributed by atoms with van der Waals surface area (Å²) in [5, 5.41) is 8.58. The van der Waals surface area contributed by atoms with E-state index >= 15 is 0 Å². The minimum absolute atomic E-state index is 0.232. The summed E-state index contributed by atoms with van der Waals surface area (Å²) in [6, 6.07) is 16.9. The monoisotopic (exact) mass is 531 g/mol. The number of carbonyl (C=O) groups excluding carboxylic acids is 3. The largest absolute Gasteiger partial charge is 0.494 e. The fraction of sp³-hybridized carbons (Fsp3) is 0.333. The fourth-order valence-corrected chi connectivity index (χ4v) is 3.97. The fourth-order valence-electron chi connectivity index (χ4n) is 3.97. The molecule has 0 spiro atoms. The zero-order valence-electron chi connectivity index (χ0n) is 22.5. The number of ether oxygens (including phenoxy) is 1. The molecule has 3 amide bonds. The van der Waals surface area contributed by atoms with E-state index in [1.54, 1.807) is 25.4 Å². The summed E-state index contributed by atoms with van der Waals surface area (Å²) in [5.74, 6) is -0.306. The summed E-state index contributed by atoms with van der Waals surface area (Å²) >= 11 is 0. The number of pyridine rings is 1. The van der Waals surface area contributed by atoms with Crippen LogP contribution in [0.15, 0.2) is 73.1 Å². The second kappa shape index (κ2) is 15.2. The minimum atomic E-state index is -0.869. The topological polar surface area (TPSA) is 135 Å². The molecular formula is C30H37N5O4. The Bertz CT molecular complexity index is 1200. The number of carbonyl (C=O) groups is 3. The van der Waals surface area contributed by atoms with Crippen LogP contribution in [-0.4, -0.2) is 41.4 Å².